The van der Waals surface area contributed by atoms with E-state index in [2.05, 4.69) is 10.3 Å². The molecule has 0 radical (unpaired) electrons. The maximum Gasteiger partial charge on any atom is 0.296 e. The highest BCUT2D eigenvalue weighted by atomic mass is 35.5. The van der Waals surface area contributed by atoms with Crippen LogP contribution in [-0.2, 0) is 11.3 Å². The second kappa shape index (κ2) is 8.59. The number of aromatic hydroxyl groups is 1. The number of fused-ring (bicyclic) bond motifs is 1. The average molecular weight is 475 g/mol. The third-order valence-electron chi connectivity index (χ3n) is 4.72. The van der Waals surface area contributed by atoms with E-state index < -0.39 is 11.7 Å². The van der Waals surface area contributed by atoms with E-state index in [4.69, 9.17) is 34.8 Å². The van der Waals surface area contributed by atoms with Gasteiger partial charge in [-0.15, -0.1) is 0 Å². The molecule has 0 saturated heterocycles. The standard InChI is InChI=1S/C22H14Cl3N3O3/c23-15-6-2-1-4-12(15)10-28-11-14(13-5-3-7-18(29)20(13)28)21(30)22(31)27-19-16(24)8-26-9-17(19)25/h1-9,11,29H,10H2,(H,26,27,31). The largest absolute Gasteiger partial charge is 0.506 e. The van der Waals surface area contributed by atoms with Crippen LogP contribution in [0.15, 0.2) is 61.1 Å². The summed E-state index contributed by atoms with van der Waals surface area (Å²) >= 11 is 18.3. The number of phenolic OH excluding ortho intramolecular Hbond substituents is 1. The number of para-hydroxylation sites is 1. The minimum atomic E-state index is -0.921. The highest BCUT2D eigenvalue weighted by Crippen LogP contribution is 2.32. The number of phenols is 1. The fourth-order valence-electron chi connectivity index (χ4n) is 3.28. The summed E-state index contributed by atoms with van der Waals surface area (Å²) in [5, 5.41) is 14.1. The van der Waals surface area contributed by atoms with Crippen molar-refractivity contribution < 1.29 is 14.7 Å². The van der Waals surface area contributed by atoms with Crippen molar-refractivity contribution >= 4 is 63.1 Å². The summed E-state index contributed by atoms with van der Waals surface area (Å²) in [7, 11) is 0. The Labute approximate surface area is 192 Å². The quantitative estimate of drug-likeness (QED) is 0.292. The molecule has 31 heavy (non-hydrogen) atoms. The number of rotatable bonds is 5. The van der Waals surface area contributed by atoms with Crippen LogP contribution in [-0.4, -0.2) is 26.3 Å². The topological polar surface area (TPSA) is 84.2 Å². The molecule has 4 aromatic rings. The lowest BCUT2D eigenvalue weighted by atomic mass is 10.1. The van der Waals surface area contributed by atoms with Crippen molar-refractivity contribution in [1.29, 1.82) is 0 Å². The lowest BCUT2D eigenvalue weighted by Crippen LogP contribution is -2.23. The Kier molecular flexibility index (Phi) is 5.87. The molecule has 1 amide bonds. The lowest BCUT2D eigenvalue weighted by molar-refractivity contribution is -0.112. The lowest BCUT2D eigenvalue weighted by Gasteiger charge is -2.08. The van der Waals surface area contributed by atoms with E-state index in [1.807, 2.05) is 18.2 Å². The summed E-state index contributed by atoms with van der Waals surface area (Å²) in [6.45, 7) is 0.296. The molecule has 6 nitrogen and oxygen atoms in total. The van der Waals surface area contributed by atoms with Crippen molar-refractivity contribution in [3.8, 4) is 5.75 Å². The van der Waals surface area contributed by atoms with Crippen LogP contribution >= 0.6 is 34.8 Å². The van der Waals surface area contributed by atoms with Gasteiger partial charge in [-0.1, -0.05) is 65.1 Å². The molecular weight excluding hydrogens is 461 g/mol. The summed E-state index contributed by atoms with van der Waals surface area (Å²) in [6, 6.07) is 12.0. The Morgan fingerprint density at radius 1 is 0.968 bits per heavy atom. The number of hydrogen-bond donors (Lipinski definition) is 2. The van der Waals surface area contributed by atoms with Crippen molar-refractivity contribution in [2.75, 3.05) is 5.32 Å². The molecular formula is C22H14Cl3N3O3. The Bertz CT molecular complexity index is 1310. The number of benzene rings is 2. The Morgan fingerprint density at radius 2 is 1.68 bits per heavy atom. The van der Waals surface area contributed by atoms with Crippen LogP contribution in [0.3, 0.4) is 0 Å². The first-order valence-electron chi connectivity index (χ1n) is 9.05. The number of Topliss-reactive ketones (excluding diaryl/α,β-unsaturated/α-hetero) is 1. The van der Waals surface area contributed by atoms with Gasteiger partial charge in [-0.2, -0.15) is 0 Å². The van der Waals surface area contributed by atoms with Gasteiger partial charge in [0.25, 0.3) is 11.7 Å². The first-order chi connectivity index (χ1) is 14.9. The number of carbonyl (C=O) groups is 2. The predicted octanol–water partition coefficient (Wildman–Crippen LogP) is 5.57. The van der Waals surface area contributed by atoms with Gasteiger partial charge in [0.2, 0.25) is 0 Å². The maximum absolute atomic E-state index is 13.0. The number of ketones is 1. The number of aromatic nitrogens is 2. The number of carbonyl (C=O) groups excluding carboxylic acids is 2. The Morgan fingerprint density at radius 3 is 2.39 bits per heavy atom. The summed E-state index contributed by atoms with van der Waals surface area (Å²) in [5.74, 6) is -1.75. The molecule has 0 aliphatic carbocycles. The number of nitrogens with zero attached hydrogens (tertiary/aromatic N) is 2. The van der Waals surface area contributed by atoms with E-state index in [1.165, 1.54) is 24.7 Å². The van der Waals surface area contributed by atoms with Crippen LogP contribution < -0.4 is 5.32 Å². The van der Waals surface area contributed by atoms with Crippen molar-refractivity contribution in [1.82, 2.24) is 9.55 Å². The van der Waals surface area contributed by atoms with Gasteiger partial charge in [-0.25, -0.2) is 0 Å². The van der Waals surface area contributed by atoms with E-state index in [9.17, 15) is 14.7 Å². The highest BCUT2D eigenvalue weighted by Gasteiger charge is 2.24. The van der Waals surface area contributed by atoms with Crippen molar-refractivity contribution in [2.24, 2.45) is 0 Å². The number of hydrogen-bond acceptors (Lipinski definition) is 4. The van der Waals surface area contributed by atoms with Gasteiger partial charge in [-0.3, -0.25) is 14.6 Å². The van der Waals surface area contributed by atoms with Gasteiger partial charge < -0.3 is 15.0 Å². The molecule has 9 heteroatoms. The second-order valence-corrected chi connectivity index (χ2v) is 7.92. The summed E-state index contributed by atoms with van der Waals surface area (Å²) in [4.78, 5) is 29.5. The number of pyridine rings is 1. The first-order valence-corrected chi connectivity index (χ1v) is 10.2. The normalized spacial score (nSPS) is 10.9. The fourth-order valence-corrected chi connectivity index (χ4v) is 3.93. The third kappa shape index (κ3) is 4.10. The molecule has 156 valence electrons. The van der Waals surface area contributed by atoms with Crippen molar-refractivity contribution in [3.05, 3.63) is 87.2 Å². The molecule has 0 unspecified atom stereocenters. The molecule has 2 heterocycles. The zero-order valence-corrected chi connectivity index (χ0v) is 18.0. The van der Waals surface area contributed by atoms with Crippen LogP contribution in [0.1, 0.15) is 15.9 Å². The molecule has 0 spiro atoms. The third-order valence-corrected chi connectivity index (χ3v) is 5.66. The van der Waals surface area contributed by atoms with Crippen LogP contribution in [0.5, 0.6) is 5.75 Å². The average Bonchev–Trinajstić information content (AvgIpc) is 3.11. The fraction of sp³-hybridized carbons (Fsp3) is 0.0455. The number of nitrogens with one attached hydrogen (secondary N) is 1. The molecule has 2 aromatic carbocycles. The molecule has 4 rings (SSSR count). The number of amides is 1. The van der Waals surface area contributed by atoms with Gasteiger partial charge in [0.15, 0.2) is 0 Å². The smallest absolute Gasteiger partial charge is 0.296 e. The van der Waals surface area contributed by atoms with E-state index in [1.54, 1.807) is 22.8 Å². The first kappa shape index (κ1) is 21.2. The van der Waals surface area contributed by atoms with E-state index >= 15 is 0 Å². The summed E-state index contributed by atoms with van der Waals surface area (Å²) < 4.78 is 1.68. The van der Waals surface area contributed by atoms with Gasteiger partial charge in [0.1, 0.15) is 5.75 Å². The zero-order chi connectivity index (χ0) is 22.1. The monoisotopic (exact) mass is 473 g/mol. The molecule has 2 N–H and O–H groups in total. The molecule has 0 atom stereocenters. The van der Waals surface area contributed by atoms with E-state index in [0.29, 0.717) is 22.5 Å². The number of anilines is 1. The molecule has 0 aliphatic heterocycles. The van der Waals surface area contributed by atoms with Crippen molar-refractivity contribution in [3.63, 3.8) is 0 Å². The second-order valence-electron chi connectivity index (χ2n) is 6.70. The SMILES string of the molecule is O=C(Nc1c(Cl)cncc1Cl)C(=O)c1cn(Cc2ccccc2Cl)c2c(O)cccc12. The van der Waals surface area contributed by atoms with Gasteiger partial charge in [0, 0.05) is 35.5 Å². The Balaban J connectivity index is 1.74. The minimum absolute atomic E-state index is 0.0239. The molecule has 2 aromatic heterocycles. The molecule has 0 aliphatic rings. The highest BCUT2D eigenvalue weighted by molar-refractivity contribution is 6.50. The summed E-state index contributed by atoms with van der Waals surface area (Å²) in [6.07, 6.45) is 4.13. The molecule has 0 saturated carbocycles. The van der Waals surface area contributed by atoms with Crippen LogP contribution in [0.2, 0.25) is 15.1 Å². The van der Waals surface area contributed by atoms with Gasteiger partial charge in [-0.05, 0) is 17.7 Å². The van der Waals surface area contributed by atoms with Crippen LogP contribution in [0, 0.1) is 0 Å². The Hall–Kier alpha value is -3.06. The summed E-state index contributed by atoms with van der Waals surface area (Å²) in [5.41, 5.74) is 1.43. The molecule has 0 fully saturated rings. The van der Waals surface area contributed by atoms with E-state index in [-0.39, 0.29) is 27.0 Å². The zero-order valence-electron chi connectivity index (χ0n) is 15.8. The maximum atomic E-state index is 13.0. The van der Waals surface area contributed by atoms with E-state index in [0.717, 1.165) is 5.56 Å². The van der Waals surface area contributed by atoms with Gasteiger partial charge in [0.05, 0.1) is 26.8 Å². The van der Waals surface area contributed by atoms with Gasteiger partial charge >= 0.3 is 0 Å². The van der Waals surface area contributed by atoms with Crippen LogP contribution in [0.25, 0.3) is 10.9 Å². The minimum Gasteiger partial charge on any atom is -0.506 e. The van der Waals surface area contributed by atoms with Crippen LogP contribution in [0.4, 0.5) is 5.69 Å². The number of halogens is 3. The van der Waals surface area contributed by atoms with Crippen molar-refractivity contribution in [2.45, 2.75) is 6.54 Å². The predicted molar refractivity (Wildman–Crippen MR) is 121 cm³/mol. The molecule has 0 bridgehead atoms.